The fourth-order valence-corrected chi connectivity index (χ4v) is 7.44. The maximum atomic E-state index is 13.4. The molecule has 3 fully saturated rings. The van der Waals surface area contributed by atoms with E-state index >= 15 is 0 Å². The number of imide groups is 1. The van der Waals surface area contributed by atoms with Crippen molar-refractivity contribution in [2.75, 3.05) is 11.5 Å². The van der Waals surface area contributed by atoms with Gasteiger partial charge in [0.2, 0.25) is 11.8 Å². The summed E-state index contributed by atoms with van der Waals surface area (Å²) in [6.07, 6.45) is 5.10. The van der Waals surface area contributed by atoms with Crippen molar-refractivity contribution in [1.29, 1.82) is 0 Å². The van der Waals surface area contributed by atoms with Gasteiger partial charge in [-0.25, -0.2) is 9.69 Å². The number of esters is 1. The summed E-state index contributed by atoms with van der Waals surface area (Å²) in [6, 6.07) is 0. The second-order valence-corrected chi connectivity index (χ2v) is 11.1. The second-order valence-electron chi connectivity index (χ2n) is 10.0. The lowest BCUT2D eigenvalue weighted by molar-refractivity contribution is -0.124. The Labute approximate surface area is 187 Å². The SMILES string of the molecule is CCOC(=O)c1c(N2C(=O)[C@@H]3[C@@H](C2=O)[C@@H]2CC[C@@H]3O2)sc2c1CC[C@@H](C(C)(C)CC)C2. The summed E-state index contributed by atoms with van der Waals surface area (Å²) in [6.45, 7) is 8.86. The monoisotopic (exact) mass is 445 g/mol. The molecule has 0 spiro atoms. The highest BCUT2D eigenvalue weighted by Gasteiger charge is 2.63. The molecule has 0 saturated carbocycles. The summed E-state index contributed by atoms with van der Waals surface area (Å²) in [5, 5.41) is 0.488. The normalized spacial score (nSPS) is 31.9. The van der Waals surface area contributed by atoms with E-state index in [1.807, 2.05) is 0 Å². The largest absolute Gasteiger partial charge is 0.462 e. The van der Waals surface area contributed by atoms with E-state index in [0.717, 1.165) is 49.0 Å². The van der Waals surface area contributed by atoms with Crippen molar-refractivity contribution in [3.05, 3.63) is 16.0 Å². The quantitative estimate of drug-likeness (QED) is 0.503. The van der Waals surface area contributed by atoms with Crippen LogP contribution in [0.2, 0.25) is 0 Å². The first-order chi connectivity index (χ1) is 14.8. The van der Waals surface area contributed by atoms with Gasteiger partial charge in [-0.3, -0.25) is 9.59 Å². The average Bonchev–Trinajstić information content (AvgIpc) is 3.49. The minimum absolute atomic E-state index is 0.160. The highest BCUT2D eigenvalue weighted by atomic mass is 32.1. The molecule has 3 aliphatic heterocycles. The molecule has 1 aliphatic carbocycles. The van der Waals surface area contributed by atoms with Crippen LogP contribution in [0, 0.1) is 23.2 Å². The number of hydrogen-bond donors (Lipinski definition) is 0. The van der Waals surface area contributed by atoms with Gasteiger partial charge in [-0.05, 0) is 55.9 Å². The molecule has 2 amide bonds. The predicted molar refractivity (Wildman–Crippen MR) is 117 cm³/mol. The van der Waals surface area contributed by atoms with Crippen LogP contribution in [0.3, 0.4) is 0 Å². The molecular weight excluding hydrogens is 414 g/mol. The molecule has 0 N–H and O–H groups in total. The number of amides is 2. The lowest BCUT2D eigenvalue weighted by atomic mass is 9.69. The van der Waals surface area contributed by atoms with Gasteiger partial charge < -0.3 is 9.47 Å². The molecule has 31 heavy (non-hydrogen) atoms. The smallest absolute Gasteiger partial charge is 0.341 e. The minimum Gasteiger partial charge on any atom is -0.462 e. The predicted octanol–water partition coefficient (Wildman–Crippen LogP) is 4.13. The maximum absolute atomic E-state index is 13.4. The fraction of sp³-hybridized carbons (Fsp3) is 0.708. The molecule has 168 valence electrons. The van der Waals surface area contributed by atoms with Gasteiger partial charge >= 0.3 is 5.97 Å². The molecule has 0 aromatic carbocycles. The third-order valence-corrected chi connectivity index (χ3v) is 9.47. The van der Waals surface area contributed by atoms with Crippen LogP contribution in [-0.4, -0.2) is 36.6 Å². The Morgan fingerprint density at radius 2 is 1.77 bits per heavy atom. The third-order valence-electron chi connectivity index (χ3n) is 8.23. The molecule has 6 nitrogen and oxygen atoms in total. The Morgan fingerprint density at radius 1 is 1.13 bits per heavy atom. The highest BCUT2D eigenvalue weighted by molar-refractivity contribution is 7.17. The number of fused-ring (bicyclic) bond motifs is 6. The number of nitrogens with zero attached hydrogens (tertiary/aromatic N) is 1. The van der Waals surface area contributed by atoms with E-state index in [0.29, 0.717) is 16.5 Å². The topological polar surface area (TPSA) is 72.9 Å². The number of carbonyl (C=O) groups is 3. The summed E-state index contributed by atoms with van der Waals surface area (Å²) in [7, 11) is 0. The van der Waals surface area contributed by atoms with Crippen LogP contribution < -0.4 is 4.90 Å². The fourth-order valence-electron chi connectivity index (χ4n) is 6.01. The first-order valence-electron chi connectivity index (χ1n) is 11.6. The van der Waals surface area contributed by atoms with Crippen molar-refractivity contribution in [3.8, 4) is 0 Å². The molecule has 7 heteroatoms. The van der Waals surface area contributed by atoms with Crippen LogP contribution in [0.4, 0.5) is 5.00 Å². The number of ether oxygens (including phenoxy) is 2. The van der Waals surface area contributed by atoms with Crippen LogP contribution in [0.5, 0.6) is 0 Å². The molecule has 5 atom stereocenters. The van der Waals surface area contributed by atoms with E-state index in [1.54, 1.807) is 6.92 Å². The van der Waals surface area contributed by atoms with Gasteiger partial charge in [-0.15, -0.1) is 11.3 Å². The third kappa shape index (κ3) is 3.03. The van der Waals surface area contributed by atoms with E-state index < -0.39 is 17.8 Å². The maximum Gasteiger partial charge on any atom is 0.341 e. The number of anilines is 1. The number of rotatable bonds is 5. The summed E-state index contributed by atoms with van der Waals surface area (Å²) >= 11 is 1.46. The lowest BCUT2D eigenvalue weighted by Crippen LogP contribution is -2.34. The van der Waals surface area contributed by atoms with Crippen LogP contribution in [0.25, 0.3) is 0 Å². The molecule has 3 saturated heterocycles. The van der Waals surface area contributed by atoms with E-state index in [2.05, 4.69) is 20.8 Å². The van der Waals surface area contributed by atoms with Crippen LogP contribution in [0.1, 0.15) is 74.2 Å². The number of thiophene rings is 1. The summed E-state index contributed by atoms with van der Waals surface area (Å²) in [4.78, 5) is 42.2. The Bertz CT molecular complexity index is 922. The second kappa shape index (κ2) is 7.41. The Morgan fingerprint density at radius 3 is 2.35 bits per heavy atom. The first kappa shape index (κ1) is 21.1. The zero-order valence-corrected chi connectivity index (χ0v) is 19.5. The van der Waals surface area contributed by atoms with Gasteiger partial charge in [0.25, 0.3) is 0 Å². The summed E-state index contributed by atoms with van der Waals surface area (Å²) in [5.41, 5.74) is 1.64. The standard InChI is InChI=1S/C24H31NO5S/c1-5-24(3,4)12-7-8-13-16(11-12)31-22(17(13)23(28)29-6-2)25-20(26)18-14-9-10-15(30-14)19(18)21(25)27/h12,14-15,18-19H,5-11H2,1-4H3/t12-,14+,15+,18+,19+/m1/s1. The minimum atomic E-state index is -0.417. The molecule has 1 aromatic rings. The number of hydrogen-bond acceptors (Lipinski definition) is 6. The molecule has 2 bridgehead atoms. The van der Waals surface area contributed by atoms with Crippen LogP contribution in [0.15, 0.2) is 0 Å². The van der Waals surface area contributed by atoms with Gasteiger partial charge in [0, 0.05) is 4.88 Å². The number of carbonyl (C=O) groups excluding carboxylic acids is 3. The molecule has 0 radical (unpaired) electrons. The molecule has 1 aromatic heterocycles. The van der Waals surface area contributed by atoms with E-state index in [9.17, 15) is 14.4 Å². The van der Waals surface area contributed by atoms with Crippen molar-refractivity contribution in [2.45, 2.75) is 78.4 Å². The zero-order chi connectivity index (χ0) is 22.1. The summed E-state index contributed by atoms with van der Waals surface area (Å²) < 4.78 is 11.2. The average molecular weight is 446 g/mol. The van der Waals surface area contributed by atoms with Crippen molar-refractivity contribution in [2.24, 2.45) is 23.2 Å². The van der Waals surface area contributed by atoms with Gasteiger partial charge in [-0.1, -0.05) is 27.2 Å². The lowest BCUT2D eigenvalue weighted by Gasteiger charge is -2.36. The van der Waals surface area contributed by atoms with Crippen molar-refractivity contribution < 1.29 is 23.9 Å². The molecule has 4 heterocycles. The van der Waals surface area contributed by atoms with E-state index in [1.165, 1.54) is 16.2 Å². The highest BCUT2D eigenvalue weighted by Crippen LogP contribution is 2.53. The zero-order valence-electron chi connectivity index (χ0n) is 18.7. The molecule has 5 rings (SSSR count). The van der Waals surface area contributed by atoms with Crippen molar-refractivity contribution >= 4 is 34.1 Å². The first-order valence-corrected chi connectivity index (χ1v) is 12.4. The van der Waals surface area contributed by atoms with Gasteiger partial charge in [0.05, 0.1) is 36.2 Å². The molecule has 0 unspecified atom stereocenters. The Hall–Kier alpha value is -1.73. The van der Waals surface area contributed by atoms with Crippen LogP contribution >= 0.6 is 11.3 Å². The van der Waals surface area contributed by atoms with Gasteiger partial charge in [-0.2, -0.15) is 0 Å². The Kier molecular flexibility index (Phi) is 5.05. The Balaban J connectivity index is 1.56. The molecular formula is C24H31NO5S. The van der Waals surface area contributed by atoms with Crippen molar-refractivity contribution in [3.63, 3.8) is 0 Å². The van der Waals surface area contributed by atoms with Gasteiger partial charge in [0.15, 0.2) is 0 Å². The van der Waals surface area contributed by atoms with E-state index in [-0.39, 0.29) is 36.0 Å². The van der Waals surface area contributed by atoms with Crippen LogP contribution in [-0.2, 0) is 31.9 Å². The van der Waals surface area contributed by atoms with Gasteiger partial charge in [0.1, 0.15) is 5.00 Å². The van der Waals surface area contributed by atoms with E-state index in [4.69, 9.17) is 9.47 Å². The van der Waals surface area contributed by atoms with Crippen molar-refractivity contribution in [1.82, 2.24) is 0 Å². The summed E-state index contributed by atoms with van der Waals surface area (Å²) in [5.74, 6) is -1.09. The molecule has 4 aliphatic rings.